The summed E-state index contributed by atoms with van der Waals surface area (Å²) in [6, 6.07) is 9.26. The van der Waals surface area contributed by atoms with Crippen molar-refractivity contribution in [3.8, 4) is 0 Å². The van der Waals surface area contributed by atoms with Gasteiger partial charge in [0.25, 0.3) is 0 Å². The normalized spacial score (nSPS) is 15.3. The maximum atomic E-state index is 3.52. The molecule has 0 amide bonds. The van der Waals surface area contributed by atoms with E-state index in [0.717, 1.165) is 23.6 Å². The molecule has 1 aromatic carbocycles. The quantitative estimate of drug-likeness (QED) is 0.884. The molecule has 0 atom stereocenters. The van der Waals surface area contributed by atoms with Crippen LogP contribution in [-0.4, -0.2) is 26.2 Å². The van der Waals surface area contributed by atoms with E-state index in [9.17, 15) is 0 Å². The molecule has 1 aliphatic carbocycles. The van der Waals surface area contributed by atoms with Gasteiger partial charge in [0.2, 0.25) is 0 Å². The molecule has 0 radical (unpaired) electrons. The molecule has 0 saturated heterocycles. The maximum Gasteiger partial charge on any atom is 0.0364 e. The molecule has 1 saturated carbocycles. The first-order valence-corrected chi connectivity index (χ1v) is 6.25. The molecule has 1 aromatic rings. The van der Waals surface area contributed by atoms with Crippen molar-refractivity contribution in [3.63, 3.8) is 0 Å². The predicted octanol–water partition coefficient (Wildman–Crippen LogP) is 2.64. The van der Waals surface area contributed by atoms with E-state index in [1.807, 2.05) is 0 Å². The lowest BCUT2D eigenvalue weighted by molar-refractivity contribution is 0.675. The molecule has 3 heteroatoms. The van der Waals surface area contributed by atoms with Crippen LogP contribution in [0, 0.1) is 0 Å². The second-order valence-electron chi connectivity index (χ2n) is 4.13. The molecule has 82 valence electrons. The number of anilines is 1. The molecule has 1 fully saturated rings. The summed E-state index contributed by atoms with van der Waals surface area (Å²) in [7, 11) is 2.14. The summed E-state index contributed by atoms with van der Waals surface area (Å²) in [4.78, 5) is 2.28. The van der Waals surface area contributed by atoms with Crippen LogP contribution in [-0.2, 0) is 0 Å². The van der Waals surface area contributed by atoms with Gasteiger partial charge in [0.05, 0.1) is 0 Å². The van der Waals surface area contributed by atoms with Gasteiger partial charge in [-0.2, -0.15) is 0 Å². The predicted molar refractivity (Wildman–Crippen MR) is 68.4 cm³/mol. The second kappa shape index (κ2) is 4.99. The zero-order valence-electron chi connectivity index (χ0n) is 9.04. The molecule has 2 rings (SSSR count). The molecule has 0 aliphatic heterocycles. The fourth-order valence-corrected chi connectivity index (χ4v) is 1.81. The molecule has 0 aromatic heterocycles. The molecule has 0 bridgehead atoms. The van der Waals surface area contributed by atoms with Crippen molar-refractivity contribution in [2.45, 2.75) is 18.9 Å². The van der Waals surface area contributed by atoms with Crippen LogP contribution in [0.5, 0.6) is 0 Å². The first kappa shape index (κ1) is 11.0. The van der Waals surface area contributed by atoms with E-state index < -0.39 is 0 Å². The summed E-state index contributed by atoms with van der Waals surface area (Å²) in [5, 5.41) is 3.52. The van der Waals surface area contributed by atoms with Gasteiger partial charge in [-0.25, -0.2) is 0 Å². The monoisotopic (exact) mass is 268 g/mol. The lowest BCUT2D eigenvalue weighted by Gasteiger charge is -2.19. The summed E-state index contributed by atoms with van der Waals surface area (Å²) < 4.78 is 1.13. The molecule has 0 unspecified atom stereocenters. The minimum Gasteiger partial charge on any atom is -0.373 e. The highest BCUT2D eigenvalue weighted by Gasteiger charge is 2.19. The van der Waals surface area contributed by atoms with Gasteiger partial charge in [-0.15, -0.1) is 0 Å². The molecule has 0 spiro atoms. The van der Waals surface area contributed by atoms with Crippen LogP contribution in [0.15, 0.2) is 28.7 Å². The van der Waals surface area contributed by atoms with E-state index >= 15 is 0 Å². The van der Waals surface area contributed by atoms with Gasteiger partial charge in [0, 0.05) is 36.3 Å². The van der Waals surface area contributed by atoms with Crippen LogP contribution in [0.4, 0.5) is 5.69 Å². The Labute approximate surface area is 99.8 Å². The Morgan fingerprint density at radius 3 is 2.60 bits per heavy atom. The molecule has 1 aliphatic rings. The van der Waals surface area contributed by atoms with Crippen molar-refractivity contribution in [2.24, 2.45) is 0 Å². The van der Waals surface area contributed by atoms with Crippen LogP contribution < -0.4 is 10.2 Å². The zero-order valence-corrected chi connectivity index (χ0v) is 10.6. The third kappa shape index (κ3) is 3.50. The molecule has 15 heavy (non-hydrogen) atoms. The van der Waals surface area contributed by atoms with Gasteiger partial charge in [-0.3, -0.25) is 0 Å². The number of likely N-dealkylation sites (N-methyl/N-ethyl adjacent to an activating group) is 1. The summed E-state index contributed by atoms with van der Waals surface area (Å²) in [5.74, 6) is 0. The van der Waals surface area contributed by atoms with Crippen LogP contribution in [0.25, 0.3) is 0 Å². The highest BCUT2D eigenvalue weighted by Crippen LogP contribution is 2.19. The highest BCUT2D eigenvalue weighted by atomic mass is 79.9. The summed E-state index contributed by atoms with van der Waals surface area (Å²) in [6.45, 7) is 2.15. The fraction of sp³-hybridized carbons (Fsp3) is 0.500. The lowest BCUT2D eigenvalue weighted by atomic mass is 10.3. The number of halogens is 1. The van der Waals surface area contributed by atoms with Gasteiger partial charge in [-0.05, 0) is 37.1 Å². The van der Waals surface area contributed by atoms with Crippen LogP contribution in [0.3, 0.4) is 0 Å². The molecule has 2 nitrogen and oxygen atoms in total. The van der Waals surface area contributed by atoms with E-state index in [0.29, 0.717) is 0 Å². The average molecular weight is 269 g/mol. The Bertz CT molecular complexity index is 306. The van der Waals surface area contributed by atoms with Crippen LogP contribution in [0.1, 0.15) is 12.8 Å². The van der Waals surface area contributed by atoms with Crippen molar-refractivity contribution < 1.29 is 0 Å². The smallest absolute Gasteiger partial charge is 0.0364 e. The molecule has 0 heterocycles. The first-order chi connectivity index (χ1) is 7.25. The Balaban J connectivity index is 1.78. The van der Waals surface area contributed by atoms with Gasteiger partial charge in [0.1, 0.15) is 0 Å². The van der Waals surface area contributed by atoms with Crippen LogP contribution in [0.2, 0.25) is 0 Å². The Morgan fingerprint density at radius 2 is 2.00 bits per heavy atom. The second-order valence-corrected chi connectivity index (χ2v) is 5.04. The third-order valence-corrected chi connectivity index (χ3v) is 3.25. The average Bonchev–Trinajstić information content (AvgIpc) is 3.02. The maximum absolute atomic E-state index is 3.52. The zero-order chi connectivity index (χ0) is 10.7. The van der Waals surface area contributed by atoms with Crippen LogP contribution >= 0.6 is 15.9 Å². The Hall–Kier alpha value is -0.540. The Kier molecular flexibility index (Phi) is 3.65. The van der Waals surface area contributed by atoms with Crippen molar-refractivity contribution in [2.75, 3.05) is 25.0 Å². The number of hydrogen-bond acceptors (Lipinski definition) is 2. The van der Waals surface area contributed by atoms with Gasteiger partial charge in [-0.1, -0.05) is 15.9 Å². The number of nitrogens with zero attached hydrogens (tertiary/aromatic N) is 1. The van der Waals surface area contributed by atoms with Crippen molar-refractivity contribution in [1.29, 1.82) is 0 Å². The minimum atomic E-state index is 0.809. The highest BCUT2D eigenvalue weighted by molar-refractivity contribution is 9.10. The standard InChI is InChI=1S/C12H17BrN2/c1-15(9-8-14-11-4-5-11)12-6-2-10(13)3-7-12/h2-3,6-7,11,14H,4-5,8-9H2,1H3. The van der Waals surface area contributed by atoms with Gasteiger partial charge in [0.15, 0.2) is 0 Å². The van der Waals surface area contributed by atoms with Crippen molar-refractivity contribution in [3.05, 3.63) is 28.7 Å². The molecular formula is C12H17BrN2. The number of hydrogen-bond donors (Lipinski definition) is 1. The van der Waals surface area contributed by atoms with E-state index in [-0.39, 0.29) is 0 Å². The number of benzene rings is 1. The molecule has 1 N–H and O–H groups in total. The van der Waals surface area contributed by atoms with Crippen molar-refractivity contribution in [1.82, 2.24) is 5.32 Å². The van der Waals surface area contributed by atoms with E-state index in [4.69, 9.17) is 0 Å². The van der Waals surface area contributed by atoms with E-state index in [1.54, 1.807) is 0 Å². The minimum absolute atomic E-state index is 0.809. The summed E-state index contributed by atoms with van der Waals surface area (Å²) in [6.07, 6.45) is 2.73. The third-order valence-electron chi connectivity index (χ3n) is 2.72. The molecular weight excluding hydrogens is 252 g/mol. The summed E-state index contributed by atoms with van der Waals surface area (Å²) >= 11 is 3.44. The number of nitrogens with one attached hydrogen (secondary N) is 1. The lowest BCUT2D eigenvalue weighted by Crippen LogP contribution is -2.30. The van der Waals surface area contributed by atoms with Gasteiger partial charge < -0.3 is 10.2 Å². The fourth-order valence-electron chi connectivity index (χ4n) is 1.55. The number of rotatable bonds is 5. The van der Waals surface area contributed by atoms with E-state index in [2.05, 4.69) is 57.5 Å². The van der Waals surface area contributed by atoms with E-state index in [1.165, 1.54) is 18.5 Å². The van der Waals surface area contributed by atoms with Crippen molar-refractivity contribution >= 4 is 21.6 Å². The first-order valence-electron chi connectivity index (χ1n) is 5.46. The SMILES string of the molecule is CN(CCNC1CC1)c1ccc(Br)cc1. The largest absolute Gasteiger partial charge is 0.373 e. The Morgan fingerprint density at radius 1 is 1.33 bits per heavy atom. The summed E-state index contributed by atoms with van der Waals surface area (Å²) in [5.41, 5.74) is 1.27. The topological polar surface area (TPSA) is 15.3 Å². The van der Waals surface area contributed by atoms with Gasteiger partial charge >= 0.3 is 0 Å².